The summed E-state index contributed by atoms with van der Waals surface area (Å²) in [7, 11) is 0. The van der Waals surface area contributed by atoms with Gasteiger partial charge in [-0.25, -0.2) is 14.5 Å². The van der Waals surface area contributed by atoms with Crippen molar-refractivity contribution in [2.75, 3.05) is 0 Å². The molecule has 0 aliphatic carbocycles. The molecular formula is C8H7N3O11. The zero-order chi connectivity index (χ0) is 16.8. The lowest BCUT2D eigenvalue weighted by Gasteiger charge is -2.29. The Balaban J connectivity index is 3.10. The van der Waals surface area contributed by atoms with Gasteiger partial charge in [0.1, 0.15) is 5.75 Å². The first-order valence-electron chi connectivity index (χ1n) is 5.15. The highest BCUT2D eigenvalue weighted by Crippen LogP contribution is 2.24. The highest BCUT2D eigenvalue weighted by atomic mass is 17.2. The summed E-state index contributed by atoms with van der Waals surface area (Å²) in [5.41, 5.74) is 0. The van der Waals surface area contributed by atoms with Gasteiger partial charge in [0, 0.05) is 0 Å². The summed E-state index contributed by atoms with van der Waals surface area (Å²) in [5, 5.41) is 35.6. The normalized spacial score (nSPS) is 11.9. The predicted octanol–water partition coefficient (Wildman–Crippen LogP) is -0.338. The molecule has 0 fully saturated rings. The van der Waals surface area contributed by atoms with E-state index in [1.54, 1.807) is 6.07 Å². The second-order valence-corrected chi connectivity index (χ2v) is 3.33. The lowest BCUT2D eigenvalue weighted by atomic mass is 10.3. The van der Waals surface area contributed by atoms with E-state index in [1.165, 1.54) is 24.3 Å². The van der Waals surface area contributed by atoms with E-state index in [0.717, 1.165) is 0 Å². The second-order valence-electron chi connectivity index (χ2n) is 3.33. The first kappa shape index (κ1) is 16.6. The van der Waals surface area contributed by atoms with Crippen molar-refractivity contribution in [1.82, 2.24) is 0 Å². The van der Waals surface area contributed by atoms with Crippen LogP contribution in [0.2, 0.25) is 0 Å². The molecule has 1 aromatic rings. The Bertz CT molecular complexity index is 509. The number of hydrogen-bond acceptors (Lipinski definition) is 11. The van der Waals surface area contributed by atoms with Gasteiger partial charge in [0.2, 0.25) is 0 Å². The topological polar surface area (TPSA) is 187 Å². The fourth-order valence-corrected chi connectivity index (χ4v) is 1.20. The molecule has 1 atom stereocenters. The van der Waals surface area contributed by atoms with E-state index in [0.29, 0.717) is 0 Å². The highest BCUT2D eigenvalue weighted by Gasteiger charge is 2.53. The van der Waals surface area contributed by atoms with Gasteiger partial charge in [0.25, 0.3) is 21.5 Å². The van der Waals surface area contributed by atoms with Crippen LogP contribution in [0.4, 0.5) is 0 Å². The smallest absolute Gasteiger partial charge is 0.458 e. The monoisotopic (exact) mass is 321 g/mol. The lowest BCUT2D eigenvalue weighted by molar-refractivity contribution is -0.961. The van der Waals surface area contributed by atoms with Crippen LogP contribution < -0.4 is 4.74 Å². The molecule has 22 heavy (non-hydrogen) atoms. The van der Waals surface area contributed by atoms with Crippen molar-refractivity contribution < 1.29 is 39.6 Å². The third-order valence-corrected chi connectivity index (χ3v) is 1.90. The van der Waals surface area contributed by atoms with Crippen molar-refractivity contribution in [3.05, 3.63) is 60.7 Å². The Hall–Kier alpha value is -3.42. The molecule has 120 valence electrons. The van der Waals surface area contributed by atoms with E-state index in [2.05, 4.69) is 19.2 Å². The van der Waals surface area contributed by atoms with Gasteiger partial charge in [-0.05, 0) is 12.1 Å². The van der Waals surface area contributed by atoms with E-state index >= 15 is 0 Å². The van der Waals surface area contributed by atoms with Crippen LogP contribution in [0.1, 0.15) is 0 Å². The molecule has 0 amide bonds. The standard InChI is InChI=1S/C8H7N3O11/c12-7(19-6-4-2-1-3-5-6)8(20-9(13)14,21-10(15)16)22-11(17)18/h1-5,7,12H. The first-order valence-corrected chi connectivity index (χ1v) is 5.15. The summed E-state index contributed by atoms with van der Waals surface area (Å²) in [4.78, 5) is 41.9. The van der Waals surface area contributed by atoms with E-state index in [4.69, 9.17) is 0 Å². The Kier molecular flexibility index (Phi) is 5.17. The third-order valence-electron chi connectivity index (χ3n) is 1.90. The number of nitrogens with zero attached hydrogens (tertiary/aromatic N) is 3. The van der Waals surface area contributed by atoms with Crippen molar-refractivity contribution in [2.24, 2.45) is 0 Å². The Morgan fingerprint density at radius 1 is 0.909 bits per heavy atom. The van der Waals surface area contributed by atoms with Gasteiger partial charge in [-0.1, -0.05) is 18.2 Å². The van der Waals surface area contributed by atoms with Gasteiger partial charge in [0.05, 0.1) is 0 Å². The summed E-state index contributed by atoms with van der Waals surface area (Å²) < 4.78 is 4.65. The zero-order valence-electron chi connectivity index (χ0n) is 10.3. The number of hydrogen-bond donors (Lipinski definition) is 1. The maximum atomic E-state index is 10.3. The molecule has 0 radical (unpaired) electrons. The van der Waals surface area contributed by atoms with Crippen molar-refractivity contribution >= 4 is 0 Å². The maximum Gasteiger partial charge on any atom is 0.467 e. The maximum absolute atomic E-state index is 10.3. The molecule has 1 N–H and O–H groups in total. The van der Waals surface area contributed by atoms with E-state index < -0.39 is 27.5 Å². The molecule has 1 unspecified atom stereocenters. The van der Waals surface area contributed by atoms with E-state index in [-0.39, 0.29) is 5.75 Å². The first-order chi connectivity index (χ1) is 10.2. The van der Waals surface area contributed by atoms with E-state index in [9.17, 15) is 35.4 Å². The number of aliphatic hydroxyl groups is 1. The average Bonchev–Trinajstić information content (AvgIpc) is 2.37. The number of ether oxygens (including phenoxy) is 1. The van der Waals surface area contributed by atoms with Crippen molar-refractivity contribution in [3.8, 4) is 5.75 Å². The van der Waals surface area contributed by atoms with Crippen LogP contribution in [0.15, 0.2) is 30.3 Å². The molecule has 0 aliphatic heterocycles. The summed E-state index contributed by atoms with van der Waals surface area (Å²) in [6, 6.07) is 6.85. The molecule has 1 aromatic carbocycles. The quantitative estimate of drug-likeness (QED) is 0.356. The SMILES string of the molecule is O=[N+]([O-])OC(O[N+](=O)[O-])(O[N+](=O)[O-])C(O)Oc1ccccc1. The third kappa shape index (κ3) is 4.60. The molecule has 1 rings (SSSR count). The number of para-hydroxylation sites is 1. The predicted molar refractivity (Wildman–Crippen MR) is 60.0 cm³/mol. The number of rotatable bonds is 9. The molecule has 0 aromatic heterocycles. The van der Waals surface area contributed by atoms with Crippen molar-refractivity contribution in [2.45, 2.75) is 12.3 Å². The fraction of sp³-hybridized carbons (Fsp3) is 0.250. The molecular weight excluding hydrogens is 314 g/mol. The van der Waals surface area contributed by atoms with Crippen molar-refractivity contribution in [3.63, 3.8) is 0 Å². The van der Waals surface area contributed by atoms with Gasteiger partial charge in [-0.3, -0.25) is 0 Å². The molecule has 14 nitrogen and oxygen atoms in total. The largest absolute Gasteiger partial charge is 0.467 e. The minimum atomic E-state index is -3.79. The van der Waals surface area contributed by atoms with Crippen LogP contribution in [0.25, 0.3) is 0 Å². The Morgan fingerprint density at radius 2 is 1.32 bits per heavy atom. The van der Waals surface area contributed by atoms with Crippen LogP contribution >= 0.6 is 0 Å². The highest BCUT2D eigenvalue weighted by molar-refractivity contribution is 5.21. The molecule has 0 bridgehead atoms. The molecule has 0 saturated heterocycles. The summed E-state index contributed by atoms with van der Waals surface area (Å²) in [6.45, 7) is 0. The van der Waals surface area contributed by atoms with Crippen molar-refractivity contribution in [1.29, 1.82) is 0 Å². The Morgan fingerprint density at radius 3 is 1.68 bits per heavy atom. The second kappa shape index (κ2) is 6.84. The van der Waals surface area contributed by atoms with Gasteiger partial charge in [-0.2, -0.15) is 0 Å². The van der Waals surface area contributed by atoms with Crippen LogP contribution in [-0.4, -0.2) is 32.6 Å². The number of aliphatic hydroxyl groups excluding tert-OH is 1. The van der Waals surface area contributed by atoms with E-state index in [1.807, 2.05) is 0 Å². The number of benzene rings is 1. The average molecular weight is 321 g/mol. The summed E-state index contributed by atoms with van der Waals surface area (Å²) in [6.07, 6.45) is -2.75. The Labute approximate surface area is 119 Å². The van der Waals surface area contributed by atoms with Gasteiger partial charge in [0.15, 0.2) is 0 Å². The summed E-state index contributed by atoms with van der Waals surface area (Å²) in [5.74, 6) is -3.95. The summed E-state index contributed by atoms with van der Waals surface area (Å²) >= 11 is 0. The van der Waals surface area contributed by atoms with Crippen LogP contribution in [-0.2, 0) is 14.5 Å². The molecule has 0 saturated carbocycles. The van der Waals surface area contributed by atoms with Crippen LogP contribution in [0.3, 0.4) is 0 Å². The fourth-order valence-electron chi connectivity index (χ4n) is 1.20. The molecule has 0 spiro atoms. The molecule has 14 heteroatoms. The van der Waals surface area contributed by atoms with Gasteiger partial charge >= 0.3 is 5.97 Å². The van der Waals surface area contributed by atoms with Gasteiger partial charge in [-0.15, -0.1) is 30.3 Å². The zero-order valence-corrected chi connectivity index (χ0v) is 10.3. The van der Waals surface area contributed by atoms with Crippen LogP contribution in [0.5, 0.6) is 5.75 Å². The lowest BCUT2D eigenvalue weighted by Crippen LogP contribution is -2.55. The minimum absolute atomic E-state index is 0.162. The molecule has 0 aliphatic rings. The molecule has 0 heterocycles. The minimum Gasteiger partial charge on any atom is -0.458 e. The van der Waals surface area contributed by atoms with Gasteiger partial charge < -0.3 is 9.84 Å². The van der Waals surface area contributed by atoms with Crippen LogP contribution in [0, 0.1) is 30.3 Å².